The van der Waals surface area contributed by atoms with Crippen molar-refractivity contribution in [1.29, 1.82) is 0 Å². The maximum Gasteiger partial charge on any atom is 0.416 e. The van der Waals surface area contributed by atoms with Crippen LogP contribution in [-0.2, 0) is 15.7 Å². The summed E-state index contributed by atoms with van der Waals surface area (Å²) in [4.78, 5) is 18.5. The van der Waals surface area contributed by atoms with E-state index in [1.807, 2.05) is 59.7 Å². The number of ether oxygens (including phenoxy) is 1. The van der Waals surface area contributed by atoms with Crippen LogP contribution in [0.4, 0.5) is 24.5 Å². The number of benzene rings is 2. The molecule has 212 valence electrons. The third-order valence-electron chi connectivity index (χ3n) is 7.02. The fourth-order valence-corrected chi connectivity index (χ4v) is 5.63. The molecule has 0 radical (unpaired) electrons. The number of anilines is 2. The Labute approximate surface area is 241 Å². The molecule has 2 atom stereocenters. The number of thiocarbonyl (C=S) groups is 1. The topological polar surface area (TPSA) is 71.4 Å². The van der Waals surface area contributed by atoms with Crippen molar-refractivity contribution in [2.24, 2.45) is 0 Å². The molecule has 2 aromatic carbocycles. The number of hydrogen-bond acceptors (Lipinski definition) is 4. The molecule has 1 saturated heterocycles. The minimum atomic E-state index is -4.45. The minimum Gasteiger partial charge on any atom is -0.375 e. The molecular formula is C30H28F3N5O2S. The lowest BCUT2D eigenvalue weighted by atomic mass is 9.96. The maximum absolute atomic E-state index is 13.5. The zero-order valence-electron chi connectivity index (χ0n) is 22.6. The van der Waals surface area contributed by atoms with E-state index in [9.17, 15) is 18.0 Å². The molecule has 0 bridgehead atoms. The van der Waals surface area contributed by atoms with E-state index in [0.29, 0.717) is 16.5 Å². The summed E-state index contributed by atoms with van der Waals surface area (Å²) in [6, 6.07) is 19.5. The summed E-state index contributed by atoms with van der Waals surface area (Å²) in [5.41, 5.74) is 4.33. The molecule has 1 aliphatic heterocycles. The standard InChI is InChI=1S/C30H28F3N5O2S/c1-18-15-24(19(2)37(18)23-8-6-7-20(16-23)30(31,32)33)28-27(25-9-4-5-14-34-25)36-29(41)38(28)22-12-10-21(11-13-22)35-26(39)17-40-3/h4-16,27-28H,17H2,1-3H3,(H,35,39)(H,36,41). The third-order valence-corrected chi connectivity index (χ3v) is 7.34. The molecule has 2 unspecified atom stereocenters. The molecule has 4 aromatic rings. The van der Waals surface area contributed by atoms with Gasteiger partial charge in [0.2, 0.25) is 5.91 Å². The van der Waals surface area contributed by atoms with Crippen LogP contribution in [0.3, 0.4) is 0 Å². The van der Waals surface area contributed by atoms with Gasteiger partial charge in [-0.3, -0.25) is 9.78 Å². The number of rotatable bonds is 7. The van der Waals surface area contributed by atoms with E-state index in [1.165, 1.54) is 13.2 Å². The van der Waals surface area contributed by atoms with Gasteiger partial charge in [-0.25, -0.2) is 0 Å². The second-order valence-corrected chi connectivity index (χ2v) is 10.1. The molecule has 1 fully saturated rings. The zero-order chi connectivity index (χ0) is 29.3. The second kappa shape index (κ2) is 11.3. The molecule has 3 heterocycles. The van der Waals surface area contributed by atoms with Crippen molar-refractivity contribution in [3.05, 3.63) is 107 Å². The first-order valence-corrected chi connectivity index (χ1v) is 13.3. The number of carbonyl (C=O) groups is 1. The van der Waals surface area contributed by atoms with E-state index in [-0.39, 0.29) is 24.6 Å². The monoisotopic (exact) mass is 579 g/mol. The van der Waals surface area contributed by atoms with Crippen molar-refractivity contribution < 1.29 is 22.7 Å². The number of aromatic nitrogens is 2. The number of nitrogens with one attached hydrogen (secondary N) is 2. The average molecular weight is 580 g/mol. The molecule has 1 aliphatic rings. The highest BCUT2D eigenvalue weighted by Gasteiger charge is 2.42. The van der Waals surface area contributed by atoms with Crippen molar-refractivity contribution >= 4 is 34.6 Å². The number of methoxy groups -OCH3 is 1. The van der Waals surface area contributed by atoms with E-state index in [0.717, 1.165) is 40.5 Å². The number of alkyl halides is 3. The SMILES string of the molecule is COCC(=O)Nc1ccc(N2C(=S)NC(c3ccccn3)C2c2cc(C)n(-c3cccc(C(F)(F)F)c3)c2C)cc1. The predicted molar refractivity (Wildman–Crippen MR) is 155 cm³/mol. The zero-order valence-corrected chi connectivity index (χ0v) is 23.4. The Morgan fingerprint density at radius 2 is 1.80 bits per heavy atom. The van der Waals surface area contributed by atoms with E-state index in [4.69, 9.17) is 17.0 Å². The van der Waals surface area contributed by atoms with Gasteiger partial charge < -0.3 is 24.8 Å². The number of amides is 1. The fourth-order valence-electron chi connectivity index (χ4n) is 5.29. The number of hydrogen-bond donors (Lipinski definition) is 2. The lowest BCUT2D eigenvalue weighted by molar-refractivity contribution is -0.137. The van der Waals surface area contributed by atoms with Crippen molar-refractivity contribution in [3.8, 4) is 5.69 Å². The van der Waals surface area contributed by atoms with Crippen LogP contribution in [0.2, 0.25) is 0 Å². The van der Waals surface area contributed by atoms with Crippen LogP contribution < -0.4 is 15.5 Å². The van der Waals surface area contributed by atoms with Crippen LogP contribution in [0.15, 0.2) is 79.0 Å². The van der Waals surface area contributed by atoms with Gasteiger partial charge in [-0.1, -0.05) is 12.1 Å². The largest absolute Gasteiger partial charge is 0.416 e. The summed E-state index contributed by atoms with van der Waals surface area (Å²) < 4.78 is 47.3. The summed E-state index contributed by atoms with van der Waals surface area (Å²) >= 11 is 5.82. The van der Waals surface area contributed by atoms with Crippen LogP contribution in [0, 0.1) is 13.8 Å². The first-order valence-electron chi connectivity index (χ1n) is 12.8. The molecule has 0 saturated carbocycles. The number of pyridine rings is 1. The van der Waals surface area contributed by atoms with E-state index in [1.54, 1.807) is 24.4 Å². The van der Waals surface area contributed by atoms with Gasteiger partial charge in [0.25, 0.3) is 0 Å². The van der Waals surface area contributed by atoms with E-state index < -0.39 is 11.7 Å². The molecular weight excluding hydrogens is 551 g/mol. The molecule has 2 aromatic heterocycles. The molecule has 11 heteroatoms. The smallest absolute Gasteiger partial charge is 0.375 e. The Bertz CT molecular complexity index is 1570. The third kappa shape index (κ3) is 5.68. The van der Waals surface area contributed by atoms with E-state index in [2.05, 4.69) is 15.6 Å². The van der Waals surface area contributed by atoms with Gasteiger partial charge >= 0.3 is 6.18 Å². The number of carbonyl (C=O) groups excluding carboxylic acids is 1. The normalized spacial score (nSPS) is 17.0. The van der Waals surface area contributed by atoms with E-state index >= 15 is 0 Å². The Morgan fingerprint density at radius 3 is 2.46 bits per heavy atom. The second-order valence-electron chi connectivity index (χ2n) is 9.73. The molecule has 0 spiro atoms. The van der Waals surface area contributed by atoms with Gasteiger partial charge in [0.05, 0.1) is 23.3 Å². The first-order chi connectivity index (χ1) is 19.6. The van der Waals surface area contributed by atoms with Gasteiger partial charge in [0.1, 0.15) is 6.61 Å². The van der Waals surface area contributed by atoms with Crippen molar-refractivity contribution in [1.82, 2.24) is 14.9 Å². The average Bonchev–Trinajstić information content (AvgIpc) is 3.44. The summed E-state index contributed by atoms with van der Waals surface area (Å²) in [6.45, 7) is 3.71. The minimum absolute atomic E-state index is 0.0583. The maximum atomic E-state index is 13.5. The Hall–Kier alpha value is -4.22. The van der Waals surface area contributed by atoms with Crippen LogP contribution in [0.5, 0.6) is 0 Å². The van der Waals surface area contributed by atoms with Gasteiger partial charge in [0.15, 0.2) is 5.11 Å². The van der Waals surface area contributed by atoms with Gasteiger partial charge in [-0.05, 0) is 92.3 Å². The number of aryl methyl sites for hydroxylation is 1. The van der Waals surface area contributed by atoms with Crippen molar-refractivity contribution in [2.75, 3.05) is 23.9 Å². The Morgan fingerprint density at radius 1 is 1.05 bits per heavy atom. The molecule has 0 aliphatic carbocycles. The van der Waals surface area contributed by atoms with Gasteiger partial charge in [-0.2, -0.15) is 13.2 Å². The van der Waals surface area contributed by atoms with Crippen LogP contribution in [0.1, 0.15) is 40.3 Å². The quantitative estimate of drug-likeness (QED) is 0.252. The first kappa shape index (κ1) is 28.3. The van der Waals surface area contributed by atoms with Crippen molar-refractivity contribution in [3.63, 3.8) is 0 Å². The summed E-state index contributed by atoms with van der Waals surface area (Å²) in [6.07, 6.45) is -2.74. The number of nitrogens with zero attached hydrogens (tertiary/aromatic N) is 3. The molecule has 41 heavy (non-hydrogen) atoms. The van der Waals surface area contributed by atoms with Crippen LogP contribution in [0.25, 0.3) is 5.69 Å². The highest BCUT2D eigenvalue weighted by atomic mass is 32.1. The molecule has 2 N–H and O–H groups in total. The van der Waals surface area contributed by atoms with Crippen LogP contribution >= 0.6 is 12.2 Å². The Kier molecular flexibility index (Phi) is 7.83. The lowest BCUT2D eigenvalue weighted by Gasteiger charge is -2.28. The summed E-state index contributed by atoms with van der Waals surface area (Å²) in [5, 5.41) is 6.66. The van der Waals surface area contributed by atoms with Crippen LogP contribution in [-0.4, -0.2) is 34.3 Å². The molecule has 5 rings (SSSR count). The van der Waals surface area contributed by atoms with Gasteiger partial charge in [-0.15, -0.1) is 0 Å². The highest BCUT2D eigenvalue weighted by molar-refractivity contribution is 7.80. The number of halogens is 3. The summed E-state index contributed by atoms with van der Waals surface area (Å²) in [5.74, 6) is -0.270. The lowest BCUT2D eigenvalue weighted by Crippen LogP contribution is -2.29. The Balaban J connectivity index is 1.59. The molecule has 7 nitrogen and oxygen atoms in total. The van der Waals surface area contributed by atoms with Crippen molar-refractivity contribution in [2.45, 2.75) is 32.1 Å². The van der Waals surface area contributed by atoms with Gasteiger partial charge in [0, 0.05) is 41.8 Å². The molecule has 1 amide bonds. The fraction of sp³-hybridized carbons (Fsp3) is 0.233. The predicted octanol–water partition coefficient (Wildman–Crippen LogP) is 6.27. The summed E-state index contributed by atoms with van der Waals surface area (Å²) in [7, 11) is 1.45. The highest BCUT2D eigenvalue weighted by Crippen LogP contribution is 2.44.